The smallest absolute Gasteiger partial charge is 0.316 e. The van der Waals surface area contributed by atoms with Crippen molar-refractivity contribution >= 4 is 34.0 Å². The highest BCUT2D eigenvalue weighted by Gasteiger charge is 2.33. The molecule has 2 atom stereocenters. The third-order valence-electron chi connectivity index (χ3n) is 4.68. The van der Waals surface area contributed by atoms with Crippen LogP contribution in [0.25, 0.3) is 11.3 Å². The summed E-state index contributed by atoms with van der Waals surface area (Å²) < 4.78 is 39.6. The number of thiazole rings is 1. The predicted molar refractivity (Wildman–Crippen MR) is 104 cm³/mol. The van der Waals surface area contributed by atoms with E-state index in [2.05, 4.69) is 22.1 Å². The van der Waals surface area contributed by atoms with Gasteiger partial charge in [0.25, 0.3) is 0 Å². The lowest BCUT2D eigenvalue weighted by atomic mass is 10.1. The van der Waals surface area contributed by atoms with Crippen LogP contribution in [0.1, 0.15) is 37.1 Å². The third kappa shape index (κ3) is 4.65. The molecule has 3 rings (SSSR count). The molecule has 10 heteroatoms. The standard InChI is InChI=1S/C18H20ClF3N4OS/c1-9-3-4-15(23)26(9)8-14-16(25-17(28-14)24-10(2)27)11-5-12(18(20,21)22)7-13(19)6-11/h5-7,9,15H,3-4,8,23H2,1-2H3,(H,24,25,27)/t9-,15+/m1/s1. The van der Waals surface area contributed by atoms with E-state index in [0.717, 1.165) is 29.9 Å². The van der Waals surface area contributed by atoms with Gasteiger partial charge in [0.05, 0.1) is 17.4 Å². The van der Waals surface area contributed by atoms with Gasteiger partial charge in [-0.05, 0) is 38.0 Å². The summed E-state index contributed by atoms with van der Waals surface area (Å²) in [5.74, 6) is -0.305. The molecule has 0 radical (unpaired) electrons. The molecule has 1 aromatic heterocycles. The Balaban J connectivity index is 2.05. The molecular formula is C18H20ClF3N4OS. The first kappa shape index (κ1) is 21.0. The molecule has 0 bridgehead atoms. The van der Waals surface area contributed by atoms with Crippen LogP contribution in [0.3, 0.4) is 0 Å². The van der Waals surface area contributed by atoms with Crippen molar-refractivity contribution in [3.63, 3.8) is 0 Å². The fourth-order valence-corrected chi connectivity index (χ4v) is 4.56. The number of nitrogens with one attached hydrogen (secondary N) is 1. The van der Waals surface area contributed by atoms with Gasteiger partial charge >= 0.3 is 6.18 Å². The van der Waals surface area contributed by atoms with E-state index in [1.54, 1.807) is 0 Å². The summed E-state index contributed by atoms with van der Waals surface area (Å²) in [6, 6.07) is 3.60. The van der Waals surface area contributed by atoms with Gasteiger partial charge < -0.3 is 11.1 Å². The maximum Gasteiger partial charge on any atom is 0.416 e. The summed E-state index contributed by atoms with van der Waals surface area (Å²) in [5.41, 5.74) is 5.94. The number of nitrogens with two attached hydrogens (primary N) is 1. The number of benzene rings is 1. The van der Waals surface area contributed by atoms with Crippen molar-refractivity contribution in [1.82, 2.24) is 9.88 Å². The third-order valence-corrected chi connectivity index (χ3v) is 5.85. The van der Waals surface area contributed by atoms with Gasteiger partial charge in [-0.2, -0.15) is 13.2 Å². The molecule has 2 aromatic rings. The molecule has 2 heterocycles. The van der Waals surface area contributed by atoms with Crippen LogP contribution < -0.4 is 11.1 Å². The second-order valence-electron chi connectivity index (χ2n) is 6.86. The average molecular weight is 433 g/mol. The number of hydrogen-bond donors (Lipinski definition) is 2. The van der Waals surface area contributed by atoms with Crippen molar-refractivity contribution in [3.8, 4) is 11.3 Å². The number of alkyl halides is 3. The van der Waals surface area contributed by atoms with Crippen LogP contribution in [-0.2, 0) is 17.5 Å². The van der Waals surface area contributed by atoms with E-state index in [9.17, 15) is 18.0 Å². The highest BCUT2D eigenvalue weighted by molar-refractivity contribution is 7.16. The zero-order valence-corrected chi connectivity index (χ0v) is 16.9. The van der Waals surface area contributed by atoms with Gasteiger partial charge in [0.1, 0.15) is 0 Å². The maximum absolute atomic E-state index is 13.2. The quantitative estimate of drug-likeness (QED) is 0.734. The van der Waals surface area contributed by atoms with Gasteiger partial charge in [0.2, 0.25) is 5.91 Å². The van der Waals surface area contributed by atoms with Crippen LogP contribution >= 0.6 is 22.9 Å². The molecule has 0 spiro atoms. The summed E-state index contributed by atoms with van der Waals surface area (Å²) in [7, 11) is 0. The number of hydrogen-bond acceptors (Lipinski definition) is 5. The van der Waals surface area contributed by atoms with Gasteiger partial charge in [-0.1, -0.05) is 22.9 Å². The van der Waals surface area contributed by atoms with Crippen molar-refractivity contribution < 1.29 is 18.0 Å². The van der Waals surface area contributed by atoms with Crippen LogP contribution in [0, 0.1) is 0 Å². The van der Waals surface area contributed by atoms with Crippen molar-refractivity contribution in [1.29, 1.82) is 0 Å². The average Bonchev–Trinajstić information content (AvgIpc) is 3.11. The number of rotatable bonds is 4. The maximum atomic E-state index is 13.2. The number of carbonyl (C=O) groups is 1. The Morgan fingerprint density at radius 2 is 2.11 bits per heavy atom. The molecule has 152 valence electrons. The first-order valence-corrected chi connectivity index (χ1v) is 9.91. The fraction of sp³-hybridized carbons (Fsp3) is 0.444. The van der Waals surface area contributed by atoms with Gasteiger partial charge in [0.15, 0.2) is 5.13 Å². The zero-order valence-electron chi connectivity index (χ0n) is 15.3. The van der Waals surface area contributed by atoms with Gasteiger partial charge in [0, 0.05) is 35.0 Å². The summed E-state index contributed by atoms with van der Waals surface area (Å²) in [5, 5.41) is 2.90. The number of aromatic nitrogens is 1. The predicted octanol–water partition coefficient (Wildman–Crippen LogP) is 4.71. The number of anilines is 1. The molecular weight excluding hydrogens is 413 g/mol. The Morgan fingerprint density at radius 1 is 1.39 bits per heavy atom. The molecule has 1 aromatic carbocycles. The number of carbonyl (C=O) groups excluding carboxylic acids is 1. The van der Waals surface area contributed by atoms with E-state index in [1.807, 2.05) is 0 Å². The second kappa shape index (κ2) is 7.98. The Morgan fingerprint density at radius 3 is 2.68 bits per heavy atom. The van der Waals surface area contributed by atoms with E-state index in [-0.39, 0.29) is 28.7 Å². The summed E-state index contributed by atoms with van der Waals surface area (Å²) in [6.45, 7) is 3.84. The lowest BCUT2D eigenvalue weighted by Crippen LogP contribution is -2.39. The number of nitrogens with zero attached hydrogens (tertiary/aromatic N) is 2. The highest BCUT2D eigenvalue weighted by atomic mass is 35.5. The topological polar surface area (TPSA) is 71.2 Å². The first-order chi connectivity index (χ1) is 13.0. The van der Waals surface area contributed by atoms with Crippen molar-refractivity contribution in [2.24, 2.45) is 5.73 Å². The number of amides is 1. The Kier molecular flexibility index (Phi) is 6.00. The molecule has 3 N–H and O–H groups in total. The van der Waals surface area contributed by atoms with Crippen molar-refractivity contribution in [2.45, 2.75) is 51.6 Å². The van der Waals surface area contributed by atoms with E-state index < -0.39 is 11.7 Å². The Hall–Kier alpha value is -1.68. The van der Waals surface area contributed by atoms with Crippen LogP contribution in [0.5, 0.6) is 0 Å². The minimum Gasteiger partial charge on any atom is -0.316 e. The fourth-order valence-electron chi connectivity index (χ4n) is 3.29. The van der Waals surface area contributed by atoms with E-state index >= 15 is 0 Å². The minimum atomic E-state index is -4.53. The van der Waals surface area contributed by atoms with Crippen molar-refractivity contribution in [3.05, 3.63) is 33.7 Å². The van der Waals surface area contributed by atoms with Gasteiger partial charge in [-0.25, -0.2) is 4.98 Å². The highest BCUT2D eigenvalue weighted by Crippen LogP contribution is 2.39. The van der Waals surface area contributed by atoms with Gasteiger partial charge in [-0.3, -0.25) is 9.69 Å². The SMILES string of the molecule is CC(=O)Nc1nc(-c2cc(Cl)cc(C(F)(F)F)c2)c(CN2[C@H](C)CC[C@H]2N)s1. The Labute approximate surface area is 169 Å². The molecule has 5 nitrogen and oxygen atoms in total. The molecule has 0 aliphatic carbocycles. The van der Waals surface area contributed by atoms with Crippen LogP contribution in [0.15, 0.2) is 18.2 Å². The Bertz CT molecular complexity index is 876. The van der Waals surface area contributed by atoms with E-state index in [4.69, 9.17) is 17.3 Å². The molecule has 1 aliphatic rings. The lowest BCUT2D eigenvalue weighted by Gasteiger charge is -2.25. The second-order valence-corrected chi connectivity index (χ2v) is 8.38. The normalized spacial score (nSPS) is 20.5. The van der Waals surface area contributed by atoms with Gasteiger partial charge in [-0.15, -0.1) is 0 Å². The molecule has 28 heavy (non-hydrogen) atoms. The van der Waals surface area contributed by atoms with Crippen LogP contribution in [0.2, 0.25) is 5.02 Å². The van der Waals surface area contributed by atoms with E-state index in [0.29, 0.717) is 17.4 Å². The summed E-state index contributed by atoms with van der Waals surface area (Å²) >= 11 is 7.17. The lowest BCUT2D eigenvalue weighted by molar-refractivity contribution is -0.137. The minimum absolute atomic E-state index is 0.0314. The van der Waals surface area contributed by atoms with Crippen LogP contribution in [0.4, 0.5) is 18.3 Å². The number of halogens is 4. The summed E-state index contributed by atoms with van der Waals surface area (Å²) in [4.78, 5) is 18.6. The zero-order chi connectivity index (χ0) is 20.6. The van der Waals surface area contributed by atoms with Crippen molar-refractivity contribution in [2.75, 3.05) is 5.32 Å². The monoisotopic (exact) mass is 432 g/mol. The molecule has 0 unspecified atom stereocenters. The number of likely N-dealkylation sites (tertiary alicyclic amines) is 1. The van der Waals surface area contributed by atoms with E-state index in [1.165, 1.54) is 24.3 Å². The summed E-state index contributed by atoms with van der Waals surface area (Å²) in [6.07, 6.45) is -2.85. The molecule has 1 aliphatic heterocycles. The molecule has 1 fully saturated rings. The molecule has 1 saturated heterocycles. The first-order valence-electron chi connectivity index (χ1n) is 8.71. The van der Waals surface area contributed by atoms with Crippen LogP contribution in [-0.4, -0.2) is 28.0 Å². The molecule has 0 saturated carbocycles. The molecule has 1 amide bonds. The largest absolute Gasteiger partial charge is 0.416 e.